The van der Waals surface area contributed by atoms with E-state index in [0.29, 0.717) is 17.2 Å². The Kier molecular flexibility index (Phi) is 5.49. The molecule has 0 spiro atoms. The first-order valence-corrected chi connectivity index (χ1v) is 11.1. The normalized spacial score (nSPS) is 21.7. The van der Waals surface area contributed by atoms with Crippen molar-refractivity contribution in [1.29, 1.82) is 0 Å². The summed E-state index contributed by atoms with van der Waals surface area (Å²) in [4.78, 5) is 34.8. The molecular formula is C27H26N2O5. The highest BCUT2D eigenvalue weighted by Gasteiger charge is 2.60. The summed E-state index contributed by atoms with van der Waals surface area (Å²) in [5.74, 6) is -0.212. The fourth-order valence-electron chi connectivity index (χ4n) is 4.76. The maximum absolute atomic E-state index is 13.8. The van der Waals surface area contributed by atoms with Crippen LogP contribution in [-0.2, 0) is 14.4 Å². The van der Waals surface area contributed by atoms with Gasteiger partial charge in [0.1, 0.15) is 17.4 Å². The number of nitrogens with zero attached hydrogens (tertiary/aromatic N) is 2. The summed E-state index contributed by atoms with van der Waals surface area (Å²) in [6.45, 7) is 3.93. The van der Waals surface area contributed by atoms with Crippen LogP contribution in [0.2, 0.25) is 0 Å². The molecule has 0 aromatic heterocycles. The van der Waals surface area contributed by atoms with Crippen LogP contribution in [0.1, 0.15) is 22.7 Å². The summed E-state index contributed by atoms with van der Waals surface area (Å²) in [5, 5.41) is 1.69. The van der Waals surface area contributed by atoms with Crippen molar-refractivity contribution < 1.29 is 23.9 Å². The standard InChI is InChI=1S/C27H26N2O5/c1-16-9-11-18(12-10-16)28-26(30)23-24(20-14-13-19(32-3)15-22(20)33-4)29(34-25(23)27(28)31)21-8-6-5-7-17(21)2/h5-15,23-25H,1-4H3. The SMILES string of the molecule is COc1ccc(C2C3C(=O)N(c4ccc(C)cc4)C(=O)C3ON2c2ccccc2C)c(OC)c1. The van der Waals surface area contributed by atoms with E-state index in [1.807, 2.05) is 62.4 Å². The van der Waals surface area contributed by atoms with E-state index in [0.717, 1.165) is 22.4 Å². The maximum Gasteiger partial charge on any atom is 0.266 e. The Morgan fingerprint density at radius 3 is 2.26 bits per heavy atom. The predicted octanol–water partition coefficient (Wildman–Crippen LogP) is 4.37. The van der Waals surface area contributed by atoms with Crippen LogP contribution in [-0.4, -0.2) is 32.1 Å². The molecule has 7 nitrogen and oxygen atoms in total. The Bertz CT molecular complexity index is 1260. The molecular weight excluding hydrogens is 432 g/mol. The molecule has 0 saturated carbocycles. The van der Waals surface area contributed by atoms with Crippen molar-refractivity contribution in [1.82, 2.24) is 0 Å². The minimum atomic E-state index is -0.940. The van der Waals surface area contributed by atoms with Crippen molar-refractivity contribution in [3.8, 4) is 11.5 Å². The molecule has 3 unspecified atom stereocenters. The van der Waals surface area contributed by atoms with E-state index < -0.39 is 18.1 Å². The molecule has 0 N–H and O–H groups in total. The van der Waals surface area contributed by atoms with Crippen molar-refractivity contribution in [2.24, 2.45) is 5.92 Å². The Morgan fingerprint density at radius 1 is 0.853 bits per heavy atom. The summed E-state index contributed by atoms with van der Waals surface area (Å²) in [5.41, 5.74) is 4.09. The largest absolute Gasteiger partial charge is 0.497 e. The molecule has 2 saturated heterocycles. The van der Waals surface area contributed by atoms with Crippen LogP contribution in [0.4, 0.5) is 11.4 Å². The first kappa shape index (κ1) is 22.0. The van der Waals surface area contributed by atoms with Gasteiger partial charge in [-0.3, -0.25) is 14.4 Å². The molecule has 0 bridgehead atoms. The molecule has 2 heterocycles. The zero-order valence-electron chi connectivity index (χ0n) is 19.5. The first-order chi connectivity index (χ1) is 16.4. The summed E-state index contributed by atoms with van der Waals surface area (Å²) in [6.07, 6.45) is -0.940. The summed E-state index contributed by atoms with van der Waals surface area (Å²) in [7, 11) is 3.16. The molecule has 2 aliphatic heterocycles. The number of ether oxygens (including phenoxy) is 2. The maximum atomic E-state index is 13.8. The molecule has 2 fully saturated rings. The van der Waals surface area contributed by atoms with Gasteiger partial charge >= 0.3 is 0 Å². The molecule has 2 aliphatic rings. The van der Waals surface area contributed by atoms with Gasteiger partial charge in [0.25, 0.3) is 5.91 Å². The summed E-state index contributed by atoms with van der Waals surface area (Å²) < 4.78 is 11.0. The van der Waals surface area contributed by atoms with Gasteiger partial charge in [-0.2, -0.15) is 0 Å². The molecule has 2 amide bonds. The number of rotatable bonds is 5. The molecule has 3 atom stereocenters. The van der Waals surface area contributed by atoms with Gasteiger partial charge in [-0.25, -0.2) is 9.96 Å². The van der Waals surface area contributed by atoms with Crippen molar-refractivity contribution in [2.75, 3.05) is 24.2 Å². The highest BCUT2D eigenvalue weighted by Crippen LogP contribution is 2.50. The molecule has 3 aromatic rings. The number of imide groups is 1. The average Bonchev–Trinajstić information content (AvgIpc) is 3.35. The minimum Gasteiger partial charge on any atom is -0.497 e. The van der Waals surface area contributed by atoms with Crippen LogP contribution in [0.5, 0.6) is 11.5 Å². The molecule has 5 rings (SSSR count). The van der Waals surface area contributed by atoms with Crippen LogP contribution in [0.3, 0.4) is 0 Å². The van der Waals surface area contributed by atoms with Gasteiger partial charge in [-0.05, 0) is 49.7 Å². The number of carbonyl (C=O) groups excluding carboxylic acids is 2. The quantitative estimate of drug-likeness (QED) is 0.529. The molecule has 3 aromatic carbocycles. The Balaban J connectivity index is 1.64. The highest BCUT2D eigenvalue weighted by molar-refractivity contribution is 6.24. The van der Waals surface area contributed by atoms with E-state index in [1.54, 1.807) is 37.5 Å². The predicted molar refractivity (Wildman–Crippen MR) is 128 cm³/mol. The van der Waals surface area contributed by atoms with Gasteiger partial charge in [0.2, 0.25) is 5.91 Å². The third-order valence-electron chi connectivity index (χ3n) is 6.52. The number of aryl methyl sites for hydroxylation is 2. The first-order valence-electron chi connectivity index (χ1n) is 11.1. The van der Waals surface area contributed by atoms with Crippen LogP contribution in [0.15, 0.2) is 66.7 Å². The number of methoxy groups -OCH3 is 2. The average molecular weight is 459 g/mol. The lowest BCUT2D eigenvalue weighted by atomic mass is 9.89. The zero-order chi connectivity index (χ0) is 24.0. The third kappa shape index (κ3) is 3.40. The number of benzene rings is 3. The summed E-state index contributed by atoms with van der Waals surface area (Å²) >= 11 is 0. The van der Waals surface area contributed by atoms with Gasteiger partial charge in [0.15, 0.2) is 6.10 Å². The van der Waals surface area contributed by atoms with Crippen LogP contribution in [0.25, 0.3) is 0 Å². The van der Waals surface area contributed by atoms with E-state index >= 15 is 0 Å². The fourth-order valence-corrected chi connectivity index (χ4v) is 4.76. The second-order valence-corrected chi connectivity index (χ2v) is 8.56. The van der Waals surface area contributed by atoms with Crippen molar-refractivity contribution in [3.63, 3.8) is 0 Å². The number of amides is 2. The fraction of sp³-hybridized carbons (Fsp3) is 0.259. The van der Waals surface area contributed by atoms with Crippen LogP contribution in [0, 0.1) is 19.8 Å². The van der Waals surface area contributed by atoms with Gasteiger partial charge in [0, 0.05) is 11.6 Å². The van der Waals surface area contributed by atoms with E-state index in [1.165, 1.54) is 4.90 Å². The van der Waals surface area contributed by atoms with E-state index in [2.05, 4.69) is 0 Å². The smallest absolute Gasteiger partial charge is 0.266 e. The van der Waals surface area contributed by atoms with E-state index in [9.17, 15) is 9.59 Å². The number of anilines is 2. The molecule has 7 heteroatoms. The van der Waals surface area contributed by atoms with Crippen molar-refractivity contribution in [3.05, 3.63) is 83.4 Å². The minimum absolute atomic E-state index is 0.294. The zero-order valence-corrected chi connectivity index (χ0v) is 19.5. The van der Waals surface area contributed by atoms with E-state index in [4.69, 9.17) is 14.3 Å². The number of carbonyl (C=O) groups is 2. The lowest BCUT2D eigenvalue weighted by Gasteiger charge is -2.30. The van der Waals surface area contributed by atoms with Gasteiger partial charge < -0.3 is 9.47 Å². The third-order valence-corrected chi connectivity index (χ3v) is 6.52. The molecule has 0 aliphatic carbocycles. The molecule has 174 valence electrons. The number of fused-ring (bicyclic) bond motifs is 1. The number of hydroxylamine groups is 1. The van der Waals surface area contributed by atoms with Crippen LogP contribution >= 0.6 is 0 Å². The number of hydrogen-bond donors (Lipinski definition) is 0. The summed E-state index contributed by atoms with van der Waals surface area (Å²) in [6, 6.07) is 20.0. The highest BCUT2D eigenvalue weighted by atomic mass is 16.7. The monoisotopic (exact) mass is 458 g/mol. The van der Waals surface area contributed by atoms with Crippen molar-refractivity contribution in [2.45, 2.75) is 26.0 Å². The Hall–Kier alpha value is -3.84. The lowest BCUT2D eigenvalue weighted by molar-refractivity contribution is -0.126. The topological polar surface area (TPSA) is 68.3 Å². The number of hydrogen-bond acceptors (Lipinski definition) is 6. The van der Waals surface area contributed by atoms with Gasteiger partial charge in [-0.15, -0.1) is 0 Å². The van der Waals surface area contributed by atoms with Crippen molar-refractivity contribution >= 4 is 23.2 Å². The molecule has 34 heavy (non-hydrogen) atoms. The van der Waals surface area contributed by atoms with Crippen LogP contribution < -0.4 is 19.4 Å². The lowest BCUT2D eigenvalue weighted by Crippen LogP contribution is -2.37. The van der Waals surface area contributed by atoms with E-state index in [-0.39, 0.29) is 11.8 Å². The van der Waals surface area contributed by atoms with Gasteiger partial charge in [-0.1, -0.05) is 35.9 Å². The number of para-hydroxylation sites is 1. The second kappa shape index (κ2) is 8.50. The Labute approximate surface area is 198 Å². The van der Waals surface area contributed by atoms with Gasteiger partial charge in [0.05, 0.1) is 31.6 Å². The Morgan fingerprint density at radius 2 is 1.59 bits per heavy atom. The molecule has 0 radical (unpaired) electrons. The second-order valence-electron chi connectivity index (χ2n) is 8.56.